The Labute approximate surface area is 113 Å². The molecule has 1 heterocycles. The minimum absolute atomic E-state index is 0.114. The van der Waals surface area contributed by atoms with Crippen LogP contribution in [0.2, 0.25) is 0 Å². The lowest BCUT2D eigenvalue weighted by molar-refractivity contribution is 0.290. The first-order valence-electron chi connectivity index (χ1n) is 6.29. The second-order valence-electron chi connectivity index (χ2n) is 4.95. The second kappa shape index (κ2) is 5.84. The SMILES string of the molecule is CN(CC=Cc1ccc(F)cc1)C1CCS(=O)(=O)C1. The highest BCUT2D eigenvalue weighted by Gasteiger charge is 2.29. The standard InChI is InChI=1S/C14H18FNO2S/c1-16(14-8-10-19(17,18)11-14)9-2-3-12-4-6-13(15)7-5-12/h2-7,14H,8-11H2,1H3. The molecule has 0 spiro atoms. The van der Waals surface area contributed by atoms with E-state index in [1.807, 2.05) is 24.1 Å². The van der Waals surface area contributed by atoms with Crippen molar-refractivity contribution in [3.05, 3.63) is 41.7 Å². The van der Waals surface area contributed by atoms with Gasteiger partial charge < -0.3 is 0 Å². The van der Waals surface area contributed by atoms with Crippen LogP contribution in [0.5, 0.6) is 0 Å². The molecular weight excluding hydrogens is 265 g/mol. The van der Waals surface area contributed by atoms with Crippen LogP contribution < -0.4 is 0 Å². The van der Waals surface area contributed by atoms with E-state index in [4.69, 9.17) is 0 Å². The zero-order valence-electron chi connectivity index (χ0n) is 10.9. The van der Waals surface area contributed by atoms with Gasteiger partial charge in [-0.05, 0) is 31.2 Å². The van der Waals surface area contributed by atoms with Crippen LogP contribution in [0.4, 0.5) is 4.39 Å². The summed E-state index contributed by atoms with van der Waals surface area (Å²) in [6.07, 6.45) is 4.60. The molecule has 0 aromatic heterocycles. The summed E-state index contributed by atoms with van der Waals surface area (Å²) in [5.41, 5.74) is 0.939. The van der Waals surface area contributed by atoms with E-state index >= 15 is 0 Å². The molecule has 2 rings (SSSR count). The number of hydrogen-bond acceptors (Lipinski definition) is 3. The quantitative estimate of drug-likeness (QED) is 0.847. The predicted molar refractivity (Wildman–Crippen MR) is 75.1 cm³/mol. The van der Waals surface area contributed by atoms with Crippen molar-refractivity contribution in [2.24, 2.45) is 0 Å². The highest BCUT2D eigenvalue weighted by molar-refractivity contribution is 7.91. The van der Waals surface area contributed by atoms with Crippen molar-refractivity contribution in [1.29, 1.82) is 0 Å². The Balaban J connectivity index is 1.87. The fraction of sp³-hybridized carbons (Fsp3) is 0.429. The molecule has 104 valence electrons. The van der Waals surface area contributed by atoms with Gasteiger partial charge in [0.05, 0.1) is 11.5 Å². The molecule has 0 aliphatic carbocycles. The van der Waals surface area contributed by atoms with E-state index in [0.29, 0.717) is 18.7 Å². The van der Waals surface area contributed by atoms with Crippen LogP contribution in [-0.2, 0) is 9.84 Å². The Morgan fingerprint density at radius 1 is 1.37 bits per heavy atom. The van der Waals surface area contributed by atoms with Gasteiger partial charge in [0, 0.05) is 12.6 Å². The Kier molecular flexibility index (Phi) is 4.37. The van der Waals surface area contributed by atoms with Gasteiger partial charge in [-0.2, -0.15) is 0 Å². The number of benzene rings is 1. The lowest BCUT2D eigenvalue weighted by Gasteiger charge is -2.21. The van der Waals surface area contributed by atoms with E-state index in [2.05, 4.69) is 0 Å². The molecule has 1 atom stereocenters. The highest BCUT2D eigenvalue weighted by atomic mass is 32.2. The van der Waals surface area contributed by atoms with Crippen LogP contribution in [-0.4, -0.2) is 44.5 Å². The lowest BCUT2D eigenvalue weighted by atomic mass is 10.2. The minimum atomic E-state index is -2.83. The molecule has 0 saturated carbocycles. The van der Waals surface area contributed by atoms with Crippen LogP contribution in [0.1, 0.15) is 12.0 Å². The number of halogens is 1. The third-order valence-electron chi connectivity index (χ3n) is 3.41. The molecule has 1 aliphatic rings. The van der Waals surface area contributed by atoms with E-state index in [0.717, 1.165) is 5.56 Å². The van der Waals surface area contributed by atoms with Gasteiger partial charge in [0.1, 0.15) is 5.82 Å². The smallest absolute Gasteiger partial charge is 0.151 e. The van der Waals surface area contributed by atoms with Crippen molar-refractivity contribution in [1.82, 2.24) is 4.90 Å². The van der Waals surface area contributed by atoms with Crippen LogP contribution in [0.15, 0.2) is 30.3 Å². The summed E-state index contributed by atoms with van der Waals surface area (Å²) >= 11 is 0. The van der Waals surface area contributed by atoms with Crippen LogP contribution >= 0.6 is 0 Å². The zero-order valence-corrected chi connectivity index (χ0v) is 11.7. The number of nitrogens with zero attached hydrogens (tertiary/aromatic N) is 1. The summed E-state index contributed by atoms with van der Waals surface area (Å²) in [7, 11) is -0.899. The third-order valence-corrected chi connectivity index (χ3v) is 5.16. The van der Waals surface area contributed by atoms with Crippen LogP contribution in [0, 0.1) is 5.82 Å². The Hall–Kier alpha value is -1.20. The van der Waals surface area contributed by atoms with Crippen molar-refractivity contribution in [3.63, 3.8) is 0 Å². The molecule has 1 aromatic rings. The van der Waals surface area contributed by atoms with Gasteiger partial charge in [0.2, 0.25) is 0 Å². The van der Waals surface area contributed by atoms with E-state index in [1.54, 1.807) is 12.1 Å². The molecule has 1 fully saturated rings. The maximum atomic E-state index is 12.7. The van der Waals surface area contributed by atoms with Gasteiger partial charge >= 0.3 is 0 Å². The Morgan fingerprint density at radius 3 is 2.63 bits per heavy atom. The van der Waals surface area contributed by atoms with Gasteiger partial charge in [-0.1, -0.05) is 24.3 Å². The first-order chi connectivity index (χ1) is 8.96. The first-order valence-corrected chi connectivity index (χ1v) is 8.11. The summed E-state index contributed by atoms with van der Waals surface area (Å²) in [5, 5.41) is 0. The molecular formula is C14H18FNO2S. The summed E-state index contributed by atoms with van der Waals surface area (Å²) < 4.78 is 35.5. The van der Waals surface area contributed by atoms with Crippen LogP contribution in [0.3, 0.4) is 0 Å². The average molecular weight is 283 g/mol. The number of rotatable bonds is 4. The molecule has 3 nitrogen and oxygen atoms in total. The topological polar surface area (TPSA) is 37.4 Å². The fourth-order valence-electron chi connectivity index (χ4n) is 2.20. The van der Waals surface area contributed by atoms with E-state index in [1.165, 1.54) is 12.1 Å². The van der Waals surface area contributed by atoms with Gasteiger partial charge in [-0.15, -0.1) is 0 Å². The van der Waals surface area contributed by atoms with Gasteiger partial charge in [0.15, 0.2) is 9.84 Å². The molecule has 1 unspecified atom stereocenters. The van der Waals surface area contributed by atoms with Gasteiger partial charge in [-0.25, -0.2) is 12.8 Å². The van der Waals surface area contributed by atoms with Crippen molar-refractivity contribution >= 4 is 15.9 Å². The van der Waals surface area contributed by atoms with E-state index in [9.17, 15) is 12.8 Å². The summed E-state index contributed by atoms with van der Waals surface area (Å²) in [6.45, 7) is 0.692. The number of hydrogen-bond donors (Lipinski definition) is 0. The number of sulfone groups is 1. The van der Waals surface area contributed by atoms with Crippen molar-refractivity contribution < 1.29 is 12.8 Å². The predicted octanol–water partition coefficient (Wildman–Crippen LogP) is 1.96. The Bertz CT molecular complexity index is 551. The molecule has 0 radical (unpaired) electrons. The zero-order chi connectivity index (χ0) is 13.9. The molecule has 0 amide bonds. The summed E-state index contributed by atoms with van der Waals surface area (Å²) in [5.74, 6) is 0.308. The first kappa shape index (κ1) is 14.2. The largest absolute Gasteiger partial charge is 0.299 e. The van der Waals surface area contributed by atoms with Crippen molar-refractivity contribution in [2.45, 2.75) is 12.5 Å². The fourth-order valence-corrected chi connectivity index (χ4v) is 4.01. The second-order valence-corrected chi connectivity index (χ2v) is 7.18. The molecule has 19 heavy (non-hydrogen) atoms. The van der Waals surface area contributed by atoms with E-state index < -0.39 is 9.84 Å². The summed E-state index contributed by atoms with van der Waals surface area (Å²) in [4.78, 5) is 2.05. The van der Waals surface area contributed by atoms with Gasteiger partial charge in [0.25, 0.3) is 0 Å². The molecule has 1 aromatic carbocycles. The maximum Gasteiger partial charge on any atom is 0.151 e. The van der Waals surface area contributed by atoms with Gasteiger partial charge in [-0.3, -0.25) is 4.90 Å². The average Bonchev–Trinajstić information content (AvgIpc) is 2.72. The van der Waals surface area contributed by atoms with E-state index in [-0.39, 0.29) is 17.6 Å². The Morgan fingerprint density at radius 2 is 2.05 bits per heavy atom. The molecule has 1 aliphatic heterocycles. The minimum Gasteiger partial charge on any atom is -0.299 e. The molecule has 1 saturated heterocycles. The van der Waals surface area contributed by atoms with Crippen molar-refractivity contribution in [3.8, 4) is 0 Å². The third kappa shape index (κ3) is 4.14. The molecule has 5 heteroatoms. The normalized spacial score (nSPS) is 22.4. The lowest BCUT2D eigenvalue weighted by Crippen LogP contribution is -2.32. The monoisotopic (exact) mass is 283 g/mol. The van der Waals surface area contributed by atoms with Crippen molar-refractivity contribution in [2.75, 3.05) is 25.1 Å². The molecule has 0 bridgehead atoms. The highest BCUT2D eigenvalue weighted by Crippen LogP contribution is 2.16. The summed E-state index contributed by atoms with van der Waals surface area (Å²) in [6, 6.07) is 6.39. The molecule has 0 N–H and O–H groups in total. The number of likely N-dealkylation sites (N-methyl/N-ethyl adjacent to an activating group) is 1. The maximum absolute atomic E-state index is 12.7. The van der Waals surface area contributed by atoms with Crippen LogP contribution in [0.25, 0.3) is 6.08 Å².